The molecule has 1 amide bonds. The van der Waals surface area contributed by atoms with Crippen molar-refractivity contribution in [2.45, 2.75) is 25.2 Å². The van der Waals surface area contributed by atoms with Gasteiger partial charge in [0, 0.05) is 19.0 Å². The van der Waals surface area contributed by atoms with Gasteiger partial charge in [0.1, 0.15) is 21.9 Å². The molecule has 35 heavy (non-hydrogen) atoms. The van der Waals surface area contributed by atoms with Crippen LogP contribution < -0.4 is 10.0 Å². The summed E-state index contributed by atoms with van der Waals surface area (Å²) in [5.74, 6) is -0.609. The van der Waals surface area contributed by atoms with Crippen LogP contribution in [0.25, 0.3) is 10.2 Å². The van der Waals surface area contributed by atoms with Crippen LogP contribution in [0.4, 0.5) is 11.5 Å². The van der Waals surface area contributed by atoms with E-state index in [0.717, 1.165) is 12.5 Å². The molecule has 0 aliphatic rings. The molecule has 0 bridgehead atoms. The van der Waals surface area contributed by atoms with Crippen molar-refractivity contribution in [3.05, 3.63) is 76.9 Å². The van der Waals surface area contributed by atoms with E-state index < -0.39 is 21.9 Å². The van der Waals surface area contributed by atoms with Crippen LogP contribution >= 0.6 is 11.3 Å². The molecule has 2 N–H and O–H groups in total. The van der Waals surface area contributed by atoms with Gasteiger partial charge in [0.15, 0.2) is 0 Å². The third-order valence-electron chi connectivity index (χ3n) is 5.08. The number of hydrogen-bond acceptors (Lipinski definition) is 9. The van der Waals surface area contributed by atoms with Crippen molar-refractivity contribution in [2.75, 3.05) is 11.9 Å². The summed E-state index contributed by atoms with van der Waals surface area (Å²) in [6.45, 7) is 3.20. The minimum Gasteiger partial charge on any atom is -0.461 e. The smallest absolute Gasteiger partial charge is 0.348 e. The van der Waals surface area contributed by atoms with Gasteiger partial charge in [-0.2, -0.15) is 0 Å². The zero-order chi connectivity index (χ0) is 25.0. The fourth-order valence-corrected chi connectivity index (χ4v) is 5.47. The van der Waals surface area contributed by atoms with Crippen LogP contribution in [0.2, 0.25) is 0 Å². The van der Waals surface area contributed by atoms with Gasteiger partial charge in [0.25, 0.3) is 10.0 Å². The quantitative estimate of drug-likeness (QED) is 0.341. The molecule has 0 spiro atoms. The Morgan fingerprint density at radius 3 is 2.43 bits per heavy atom. The minimum atomic E-state index is -3.92. The largest absolute Gasteiger partial charge is 0.461 e. The fourth-order valence-electron chi connectivity index (χ4n) is 3.44. The summed E-state index contributed by atoms with van der Waals surface area (Å²) < 4.78 is 31.7. The minimum absolute atomic E-state index is 0.0432. The zero-order valence-electron chi connectivity index (χ0n) is 18.9. The molecule has 11 heteroatoms. The van der Waals surface area contributed by atoms with Crippen LogP contribution in [-0.4, -0.2) is 36.9 Å². The van der Waals surface area contributed by atoms with Gasteiger partial charge in [-0.05, 0) is 42.3 Å². The van der Waals surface area contributed by atoms with Crippen molar-refractivity contribution in [1.29, 1.82) is 0 Å². The molecule has 0 radical (unpaired) electrons. The summed E-state index contributed by atoms with van der Waals surface area (Å²) in [6.07, 6.45) is 2.01. The van der Waals surface area contributed by atoms with Crippen LogP contribution in [-0.2, 0) is 26.0 Å². The van der Waals surface area contributed by atoms with Gasteiger partial charge < -0.3 is 10.1 Å². The molecule has 0 aliphatic heterocycles. The molecule has 0 atom stereocenters. The van der Waals surface area contributed by atoms with Crippen molar-refractivity contribution >= 4 is 55.0 Å². The second kappa shape index (κ2) is 10.2. The molecular weight excluding hydrogens is 488 g/mol. The van der Waals surface area contributed by atoms with Crippen LogP contribution in [0.15, 0.2) is 65.8 Å². The highest BCUT2D eigenvalue weighted by molar-refractivity contribution is 7.90. The van der Waals surface area contributed by atoms with E-state index in [4.69, 9.17) is 4.74 Å². The average molecular weight is 511 g/mol. The number of carbonyl (C=O) groups excluding carboxylic acids is 2. The Kier molecular flexibility index (Phi) is 7.08. The van der Waals surface area contributed by atoms with E-state index in [1.807, 2.05) is 42.0 Å². The lowest BCUT2D eigenvalue weighted by atomic mass is 10.2. The van der Waals surface area contributed by atoms with Gasteiger partial charge >= 0.3 is 5.97 Å². The molecule has 0 unspecified atom stereocenters. The first kappa shape index (κ1) is 24.3. The van der Waals surface area contributed by atoms with Gasteiger partial charge in [0.2, 0.25) is 5.91 Å². The molecule has 9 nitrogen and oxygen atoms in total. The fraction of sp³-hybridized carbons (Fsp3) is 0.167. The lowest BCUT2D eigenvalue weighted by Crippen LogP contribution is -2.28. The van der Waals surface area contributed by atoms with E-state index >= 15 is 0 Å². The number of amides is 1. The third-order valence-corrected chi connectivity index (χ3v) is 7.71. The summed E-state index contributed by atoms with van der Waals surface area (Å²) in [4.78, 5) is 33.5. The van der Waals surface area contributed by atoms with E-state index in [0.29, 0.717) is 38.6 Å². The first-order valence-corrected chi connectivity index (χ1v) is 12.9. The number of aryl methyl sites for hydroxylation is 1. The monoisotopic (exact) mass is 510 g/mol. The van der Waals surface area contributed by atoms with Crippen LogP contribution in [0.1, 0.15) is 27.7 Å². The molecule has 180 valence electrons. The lowest BCUT2D eigenvalue weighted by molar-refractivity contribution is -0.117. The standard InChI is InChI=1S/C24H22N4O5S2/c1-15-20-22(27-18-8-10-19(11-9-18)35(31,32)28-16(2)29)25-14-26-23(20)34-21(15)24(30)33-13-12-17-6-4-3-5-7-17/h3-11,14H,12-13H2,1-2H3,(H,28,29)(H,25,26,27). The van der Waals surface area contributed by atoms with Crippen LogP contribution in [0.3, 0.4) is 0 Å². The maximum Gasteiger partial charge on any atom is 0.348 e. The number of esters is 1. The normalized spacial score (nSPS) is 11.3. The number of benzene rings is 2. The summed E-state index contributed by atoms with van der Waals surface area (Å²) in [5, 5.41) is 3.83. The summed E-state index contributed by atoms with van der Waals surface area (Å²) in [6, 6.07) is 15.6. The van der Waals surface area contributed by atoms with E-state index in [2.05, 4.69) is 15.3 Å². The van der Waals surface area contributed by atoms with Crippen molar-refractivity contribution in [3.8, 4) is 0 Å². The predicted octanol–water partition coefficient (Wildman–Crippen LogP) is 3.97. The van der Waals surface area contributed by atoms with Crippen LogP contribution in [0, 0.1) is 6.92 Å². The number of rotatable bonds is 8. The summed E-state index contributed by atoms with van der Waals surface area (Å²) in [5.41, 5.74) is 2.36. The van der Waals surface area contributed by atoms with E-state index in [1.54, 1.807) is 12.1 Å². The van der Waals surface area contributed by atoms with Crippen molar-refractivity contribution in [3.63, 3.8) is 0 Å². The van der Waals surface area contributed by atoms with Gasteiger partial charge in [-0.1, -0.05) is 30.3 Å². The Morgan fingerprint density at radius 2 is 1.74 bits per heavy atom. The number of ether oxygens (including phenoxy) is 1. The Hall–Kier alpha value is -3.83. The highest BCUT2D eigenvalue weighted by Crippen LogP contribution is 2.35. The SMILES string of the molecule is CC(=O)NS(=O)(=O)c1ccc(Nc2ncnc3sc(C(=O)OCCc4ccccc4)c(C)c23)cc1. The molecule has 2 aromatic carbocycles. The Morgan fingerprint density at radius 1 is 1.03 bits per heavy atom. The molecule has 0 aliphatic carbocycles. The predicted molar refractivity (Wildman–Crippen MR) is 133 cm³/mol. The molecule has 4 aromatic rings. The van der Waals surface area contributed by atoms with Gasteiger partial charge in [-0.3, -0.25) is 4.79 Å². The van der Waals surface area contributed by atoms with E-state index in [9.17, 15) is 18.0 Å². The maximum absolute atomic E-state index is 12.7. The highest BCUT2D eigenvalue weighted by atomic mass is 32.2. The molecule has 2 heterocycles. The third kappa shape index (κ3) is 5.64. The second-order valence-electron chi connectivity index (χ2n) is 7.64. The number of hydrogen-bond donors (Lipinski definition) is 2. The molecule has 0 saturated carbocycles. The summed E-state index contributed by atoms with van der Waals surface area (Å²) >= 11 is 1.23. The van der Waals surface area contributed by atoms with Crippen molar-refractivity contribution in [1.82, 2.24) is 14.7 Å². The number of anilines is 2. The number of carbonyl (C=O) groups is 2. The van der Waals surface area contributed by atoms with Gasteiger partial charge in [-0.15, -0.1) is 11.3 Å². The molecule has 4 rings (SSSR count). The number of fused-ring (bicyclic) bond motifs is 1. The Bertz CT molecular complexity index is 1480. The van der Waals surface area contributed by atoms with Crippen molar-refractivity contribution in [2.24, 2.45) is 0 Å². The van der Waals surface area contributed by atoms with E-state index in [-0.39, 0.29) is 11.5 Å². The number of thiophene rings is 1. The maximum atomic E-state index is 12.7. The molecule has 0 fully saturated rings. The van der Waals surface area contributed by atoms with E-state index in [1.165, 1.54) is 29.8 Å². The topological polar surface area (TPSA) is 127 Å². The number of nitrogens with zero attached hydrogens (tertiary/aromatic N) is 2. The Labute approximate surface area is 206 Å². The van der Waals surface area contributed by atoms with Crippen LogP contribution in [0.5, 0.6) is 0 Å². The lowest BCUT2D eigenvalue weighted by Gasteiger charge is -2.09. The molecule has 0 saturated heterocycles. The average Bonchev–Trinajstić information content (AvgIpc) is 3.17. The Balaban J connectivity index is 1.51. The second-order valence-corrected chi connectivity index (χ2v) is 10.3. The molecule has 2 aromatic heterocycles. The first-order valence-electron chi connectivity index (χ1n) is 10.6. The van der Waals surface area contributed by atoms with Crippen molar-refractivity contribution < 1.29 is 22.7 Å². The number of sulfonamides is 1. The van der Waals surface area contributed by atoms with Gasteiger partial charge in [-0.25, -0.2) is 27.9 Å². The summed E-state index contributed by atoms with van der Waals surface area (Å²) in [7, 11) is -3.92. The highest BCUT2D eigenvalue weighted by Gasteiger charge is 2.21. The number of nitrogens with one attached hydrogen (secondary N) is 2. The van der Waals surface area contributed by atoms with Gasteiger partial charge in [0.05, 0.1) is 16.9 Å². The number of aromatic nitrogens is 2. The zero-order valence-corrected chi connectivity index (χ0v) is 20.6. The first-order chi connectivity index (χ1) is 16.7. The molecular formula is C24H22N4O5S2.